The zero-order valence-electron chi connectivity index (χ0n) is 16.2. The van der Waals surface area contributed by atoms with Gasteiger partial charge < -0.3 is 20.0 Å². The molecule has 1 unspecified atom stereocenters. The van der Waals surface area contributed by atoms with Crippen molar-refractivity contribution in [2.45, 2.75) is 38.3 Å². The number of nitrogens with one attached hydrogen (secondary N) is 1. The van der Waals surface area contributed by atoms with Gasteiger partial charge in [0.2, 0.25) is 0 Å². The molecule has 6 heteroatoms. The van der Waals surface area contributed by atoms with Gasteiger partial charge in [0.25, 0.3) is 8.32 Å². The molecule has 0 aliphatic carbocycles. The number of carbonyl (C=O) groups is 1. The summed E-state index contributed by atoms with van der Waals surface area (Å²) < 4.78 is 6.65. The molecule has 0 bridgehead atoms. The normalized spacial score (nSPS) is 13.2. The van der Waals surface area contributed by atoms with Gasteiger partial charge in [-0.15, -0.1) is 0 Å². The molecule has 0 saturated carbocycles. The first kappa shape index (κ1) is 21.2. The van der Waals surface area contributed by atoms with Crippen molar-refractivity contribution in [1.82, 2.24) is 5.32 Å². The fourth-order valence-electron chi connectivity index (χ4n) is 3.42. The van der Waals surface area contributed by atoms with E-state index in [2.05, 4.69) is 50.4 Å². The molecule has 0 saturated heterocycles. The number of carboxylic acid groups (broad SMARTS) is 1. The molecular formula is C21H29NO4Si. The molecule has 0 aromatic heterocycles. The van der Waals surface area contributed by atoms with Crippen molar-refractivity contribution in [3.63, 3.8) is 0 Å². The van der Waals surface area contributed by atoms with E-state index in [0.29, 0.717) is 13.0 Å². The molecule has 1 atom stereocenters. The Morgan fingerprint density at radius 1 is 1.04 bits per heavy atom. The van der Waals surface area contributed by atoms with E-state index in [-0.39, 0.29) is 11.6 Å². The lowest BCUT2D eigenvalue weighted by molar-refractivity contribution is 0.129. The molecule has 5 nitrogen and oxygen atoms in total. The quantitative estimate of drug-likeness (QED) is 0.609. The number of hydrogen-bond acceptors (Lipinski definition) is 3. The van der Waals surface area contributed by atoms with Crippen LogP contribution in [-0.4, -0.2) is 43.9 Å². The smallest absolute Gasteiger partial charge is 0.404 e. The van der Waals surface area contributed by atoms with Crippen molar-refractivity contribution < 1.29 is 19.4 Å². The summed E-state index contributed by atoms with van der Waals surface area (Å²) in [5, 5.41) is 23.2. The number of benzene rings is 2. The van der Waals surface area contributed by atoms with Crippen molar-refractivity contribution >= 4 is 24.8 Å². The van der Waals surface area contributed by atoms with Crippen LogP contribution in [0.4, 0.5) is 4.79 Å². The maximum atomic E-state index is 10.6. The summed E-state index contributed by atoms with van der Waals surface area (Å²) in [5.74, 6) is 0. The second kappa shape index (κ2) is 9.17. The van der Waals surface area contributed by atoms with Crippen LogP contribution in [0.2, 0.25) is 5.04 Å². The molecule has 3 N–H and O–H groups in total. The second-order valence-electron chi connectivity index (χ2n) is 7.64. The lowest BCUT2D eigenvalue weighted by Crippen LogP contribution is -2.66. The van der Waals surface area contributed by atoms with E-state index in [4.69, 9.17) is 9.53 Å². The predicted octanol–water partition coefficient (Wildman–Crippen LogP) is 2.58. The number of hydrogen-bond donors (Lipinski definition) is 3. The Hall–Kier alpha value is -2.15. The fraction of sp³-hybridized carbons (Fsp3) is 0.381. The molecule has 27 heavy (non-hydrogen) atoms. The lowest BCUT2D eigenvalue weighted by Gasteiger charge is -2.43. The van der Waals surface area contributed by atoms with E-state index < -0.39 is 20.5 Å². The first-order valence-electron chi connectivity index (χ1n) is 9.17. The molecule has 0 heterocycles. The van der Waals surface area contributed by atoms with Crippen molar-refractivity contribution in [1.29, 1.82) is 0 Å². The van der Waals surface area contributed by atoms with E-state index in [9.17, 15) is 9.90 Å². The van der Waals surface area contributed by atoms with Crippen molar-refractivity contribution in [2.24, 2.45) is 0 Å². The van der Waals surface area contributed by atoms with Gasteiger partial charge in [0.05, 0.1) is 6.10 Å². The number of rotatable bonds is 8. The van der Waals surface area contributed by atoms with Crippen LogP contribution in [0.1, 0.15) is 27.2 Å². The molecule has 146 valence electrons. The van der Waals surface area contributed by atoms with Gasteiger partial charge in [-0.2, -0.15) is 0 Å². The van der Waals surface area contributed by atoms with Crippen LogP contribution in [0.3, 0.4) is 0 Å². The van der Waals surface area contributed by atoms with Crippen LogP contribution >= 0.6 is 0 Å². The molecule has 2 aromatic carbocycles. The van der Waals surface area contributed by atoms with Crippen LogP contribution in [-0.2, 0) is 4.43 Å². The zero-order valence-corrected chi connectivity index (χ0v) is 17.2. The third-order valence-electron chi connectivity index (χ3n) is 4.68. The molecule has 0 aliphatic heterocycles. The second-order valence-corrected chi connectivity index (χ2v) is 11.9. The molecule has 2 aromatic rings. The molecule has 0 fully saturated rings. The lowest BCUT2D eigenvalue weighted by atomic mass is 10.2. The highest BCUT2D eigenvalue weighted by atomic mass is 28.4. The summed E-state index contributed by atoms with van der Waals surface area (Å²) in [5.41, 5.74) is 0. The van der Waals surface area contributed by atoms with E-state index >= 15 is 0 Å². The number of aliphatic hydroxyl groups is 1. The summed E-state index contributed by atoms with van der Waals surface area (Å²) in [6, 6.07) is 20.6. The van der Waals surface area contributed by atoms with Crippen LogP contribution in [0.25, 0.3) is 0 Å². The number of amides is 1. The summed E-state index contributed by atoms with van der Waals surface area (Å²) in [6.07, 6.45) is -1.55. The molecular weight excluding hydrogens is 358 g/mol. The maximum Gasteiger partial charge on any atom is 0.404 e. The van der Waals surface area contributed by atoms with Gasteiger partial charge >= 0.3 is 6.09 Å². The van der Waals surface area contributed by atoms with Crippen LogP contribution in [0, 0.1) is 0 Å². The summed E-state index contributed by atoms with van der Waals surface area (Å²) >= 11 is 0. The van der Waals surface area contributed by atoms with E-state index in [1.54, 1.807) is 0 Å². The minimum atomic E-state index is -2.61. The minimum Gasteiger partial charge on any atom is -0.465 e. The standard InChI is InChI=1S/C21H29NO4Si/c1-21(2,3)27(18-10-6-4-7-11-18,19-12-8-5-9-13-19)26-15-14-17(23)16-22-20(24)25/h4-13,17,22-23H,14-16H2,1-3H3,(H,24,25). The molecule has 1 amide bonds. The Morgan fingerprint density at radius 3 is 1.93 bits per heavy atom. The summed E-state index contributed by atoms with van der Waals surface area (Å²) in [7, 11) is -2.61. The van der Waals surface area contributed by atoms with Crippen LogP contribution in [0.5, 0.6) is 0 Å². The summed E-state index contributed by atoms with van der Waals surface area (Å²) in [6.45, 7) is 6.94. The van der Waals surface area contributed by atoms with Gasteiger partial charge in [-0.05, 0) is 21.8 Å². The summed E-state index contributed by atoms with van der Waals surface area (Å²) in [4.78, 5) is 10.6. The van der Waals surface area contributed by atoms with Gasteiger partial charge in [0.1, 0.15) is 0 Å². The van der Waals surface area contributed by atoms with Crippen molar-refractivity contribution in [2.75, 3.05) is 13.2 Å². The van der Waals surface area contributed by atoms with E-state index in [0.717, 1.165) is 0 Å². The molecule has 0 radical (unpaired) electrons. The highest BCUT2D eigenvalue weighted by molar-refractivity contribution is 6.99. The largest absolute Gasteiger partial charge is 0.465 e. The highest BCUT2D eigenvalue weighted by Crippen LogP contribution is 2.36. The minimum absolute atomic E-state index is 0.000555. The Bertz CT molecular complexity index is 676. The number of aliphatic hydroxyl groups excluding tert-OH is 1. The third-order valence-corrected chi connectivity index (χ3v) is 9.72. The monoisotopic (exact) mass is 387 g/mol. The Labute approximate surface area is 162 Å². The first-order chi connectivity index (χ1) is 12.8. The van der Waals surface area contributed by atoms with E-state index in [1.165, 1.54) is 10.4 Å². The van der Waals surface area contributed by atoms with Gasteiger partial charge in [0.15, 0.2) is 0 Å². The Morgan fingerprint density at radius 2 is 1.52 bits per heavy atom. The molecule has 0 spiro atoms. The van der Waals surface area contributed by atoms with Crippen LogP contribution < -0.4 is 15.7 Å². The maximum absolute atomic E-state index is 10.6. The van der Waals surface area contributed by atoms with Gasteiger partial charge in [-0.25, -0.2) is 4.79 Å². The first-order valence-corrected chi connectivity index (χ1v) is 11.1. The van der Waals surface area contributed by atoms with Gasteiger partial charge in [-0.1, -0.05) is 81.4 Å². The zero-order chi connectivity index (χ0) is 19.9. The average Bonchev–Trinajstić information content (AvgIpc) is 2.64. The van der Waals surface area contributed by atoms with Crippen molar-refractivity contribution in [3.8, 4) is 0 Å². The topological polar surface area (TPSA) is 78.8 Å². The van der Waals surface area contributed by atoms with Crippen LogP contribution in [0.15, 0.2) is 60.7 Å². The van der Waals surface area contributed by atoms with Gasteiger partial charge in [0, 0.05) is 13.2 Å². The molecule has 2 rings (SSSR count). The third kappa shape index (κ3) is 5.19. The molecule has 0 aliphatic rings. The Kier molecular flexibility index (Phi) is 7.18. The predicted molar refractivity (Wildman–Crippen MR) is 110 cm³/mol. The average molecular weight is 388 g/mol. The Balaban J connectivity index is 2.31. The SMILES string of the molecule is CC(C)(C)[Si](OCCC(O)CNC(=O)O)(c1ccccc1)c1ccccc1. The van der Waals surface area contributed by atoms with Gasteiger partial charge in [-0.3, -0.25) is 0 Å². The van der Waals surface area contributed by atoms with Crippen molar-refractivity contribution in [3.05, 3.63) is 60.7 Å². The highest BCUT2D eigenvalue weighted by Gasteiger charge is 2.50. The van der Waals surface area contributed by atoms with E-state index in [1.807, 2.05) is 36.4 Å². The fourth-order valence-corrected chi connectivity index (χ4v) is 8.00.